The number of hydrogen-bond donors (Lipinski definition) is 1. The van der Waals surface area contributed by atoms with Gasteiger partial charge in [0.2, 0.25) is 0 Å². The summed E-state index contributed by atoms with van der Waals surface area (Å²) >= 11 is -2.14. The maximum atomic E-state index is 11.3. The van der Waals surface area contributed by atoms with Gasteiger partial charge in [0.05, 0.1) is 0 Å². The summed E-state index contributed by atoms with van der Waals surface area (Å²) in [5.41, 5.74) is 6.32. The van der Waals surface area contributed by atoms with E-state index in [2.05, 4.69) is 48.4 Å². The van der Waals surface area contributed by atoms with Gasteiger partial charge in [0, 0.05) is 24.9 Å². The minimum atomic E-state index is -2.14. The number of nitrogens with one attached hydrogen (secondary N) is 1. The fourth-order valence-corrected chi connectivity index (χ4v) is 3.35. The Hall–Kier alpha value is -1.98. The van der Waals surface area contributed by atoms with Crippen LogP contribution in [0.5, 0.6) is 0 Å². The highest BCUT2D eigenvalue weighted by atomic mass is 32.2. The molecule has 1 N–H and O–H groups in total. The Morgan fingerprint density at radius 2 is 1.96 bits per heavy atom. The van der Waals surface area contributed by atoms with Gasteiger partial charge in [-0.05, 0) is 48.6 Å². The molecule has 2 aromatic carbocycles. The van der Waals surface area contributed by atoms with E-state index in [-0.39, 0.29) is 5.75 Å². The summed E-state index contributed by atoms with van der Waals surface area (Å²) in [5, 5.41) is 3.27. The summed E-state index contributed by atoms with van der Waals surface area (Å²) in [6, 6.07) is 12.4. The van der Waals surface area contributed by atoms with E-state index in [4.69, 9.17) is 0 Å². The lowest BCUT2D eigenvalue weighted by atomic mass is 9.96. The van der Waals surface area contributed by atoms with Gasteiger partial charge in [0.1, 0.15) is 5.84 Å². The van der Waals surface area contributed by atoms with Crippen LogP contribution in [0.15, 0.2) is 41.4 Å². The lowest BCUT2D eigenvalue weighted by Crippen LogP contribution is -2.13. The van der Waals surface area contributed by atoms with Gasteiger partial charge in [0.25, 0.3) is 0 Å². The van der Waals surface area contributed by atoms with Crippen LogP contribution in [0, 0.1) is 13.8 Å². The van der Waals surface area contributed by atoms with Crippen molar-refractivity contribution in [2.24, 2.45) is 4.99 Å². The van der Waals surface area contributed by atoms with Crippen molar-refractivity contribution in [2.75, 3.05) is 12.4 Å². The molecule has 0 aliphatic heterocycles. The van der Waals surface area contributed by atoms with Crippen molar-refractivity contribution in [1.82, 2.24) is 0 Å². The molecule has 134 valence electrons. The molecule has 2 rings (SSSR count). The van der Waals surface area contributed by atoms with Crippen molar-refractivity contribution in [3.05, 3.63) is 64.2 Å². The quantitative estimate of drug-likeness (QED) is 0.480. The second-order valence-corrected chi connectivity index (χ2v) is 7.09. The summed E-state index contributed by atoms with van der Waals surface area (Å²) in [6.07, 6.45) is 1.55. The summed E-state index contributed by atoms with van der Waals surface area (Å²) < 4.78 is 22.6. The van der Waals surface area contributed by atoms with E-state index in [9.17, 15) is 8.76 Å². The number of benzene rings is 2. The Balaban J connectivity index is 2.40. The van der Waals surface area contributed by atoms with Crippen molar-refractivity contribution >= 4 is 22.6 Å². The topological polar surface area (TPSA) is 64.5 Å². The van der Waals surface area contributed by atoms with Crippen molar-refractivity contribution in [3.63, 3.8) is 0 Å². The maximum Gasteiger partial charge on any atom is 0.100 e. The van der Waals surface area contributed by atoms with Gasteiger partial charge in [-0.2, -0.15) is 0 Å². The van der Waals surface area contributed by atoms with Gasteiger partial charge in [-0.3, -0.25) is 9.20 Å². The third-order valence-electron chi connectivity index (χ3n) is 4.20. The predicted octanol–water partition coefficient (Wildman–Crippen LogP) is 4.12. The largest absolute Gasteiger partial charge is 0.772 e. The van der Waals surface area contributed by atoms with E-state index in [0.717, 1.165) is 41.1 Å². The van der Waals surface area contributed by atoms with Gasteiger partial charge in [-0.15, -0.1) is 0 Å². The Morgan fingerprint density at radius 3 is 2.56 bits per heavy atom. The van der Waals surface area contributed by atoms with E-state index in [0.29, 0.717) is 0 Å². The number of hydrogen-bond acceptors (Lipinski definition) is 3. The molecule has 0 amide bonds. The first-order chi connectivity index (χ1) is 11.9. The Morgan fingerprint density at radius 1 is 1.20 bits per heavy atom. The number of aryl methyl sites for hydroxylation is 2. The Bertz CT molecular complexity index is 800. The molecule has 2 aromatic rings. The van der Waals surface area contributed by atoms with Gasteiger partial charge in [0.15, 0.2) is 0 Å². The molecular formula is C20H25N2O2S-. The van der Waals surface area contributed by atoms with Crippen molar-refractivity contribution in [2.45, 2.75) is 39.4 Å². The minimum Gasteiger partial charge on any atom is -0.772 e. The predicted molar refractivity (Wildman–Crippen MR) is 105 cm³/mol. The average Bonchev–Trinajstić information content (AvgIpc) is 2.56. The zero-order valence-electron chi connectivity index (χ0n) is 15.3. The lowest BCUT2D eigenvalue weighted by molar-refractivity contribution is 0.536. The van der Waals surface area contributed by atoms with Crippen molar-refractivity contribution < 1.29 is 8.76 Å². The van der Waals surface area contributed by atoms with E-state index < -0.39 is 11.1 Å². The molecule has 25 heavy (non-hydrogen) atoms. The fourth-order valence-electron chi connectivity index (χ4n) is 2.86. The van der Waals surface area contributed by atoms with Crippen molar-refractivity contribution in [3.8, 4) is 0 Å². The monoisotopic (exact) mass is 357 g/mol. The second-order valence-electron chi connectivity index (χ2n) is 6.20. The zero-order valence-corrected chi connectivity index (χ0v) is 16.1. The molecule has 0 fully saturated rings. The normalized spacial score (nSPS) is 12.9. The summed E-state index contributed by atoms with van der Waals surface area (Å²) in [5.74, 6) is 0.827. The number of aliphatic imine (C=N–C) groups is 1. The van der Waals surface area contributed by atoms with Gasteiger partial charge in [-0.25, -0.2) is 0 Å². The molecule has 0 spiro atoms. The third kappa shape index (κ3) is 5.51. The molecule has 0 heterocycles. The van der Waals surface area contributed by atoms with Crippen LogP contribution in [0.1, 0.15) is 41.2 Å². The van der Waals surface area contributed by atoms with Crippen LogP contribution < -0.4 is 5.32 Å². The van der Waals surface area contributed by atoms with E-state index in [1.165, 1.54) is 11.1 Å². The van der Waals surface area contributed by atoms with Crippen LogP contribution >= 0.6 is 0 Å². The molecular weight excluding hydrogens is 332 g/mol. The molecule has 0 aromatic heterocycles. The molecule has 0 saturated carbocycles. The van der Waals surface area contributed by atoms with Crippen molar-refractivity contribution in [1.29, 1.82) is 0 Å². The highest BCUT2D eigenvalue weighted by molar-refractivity contribution is 7.78. The molecule has 0 radical (unpaired) electrons. The minimum absolute atomic E-state index is 0.00978. The Kier molecular flexibility index (Phi) is 6.91. The standard InChI is InChI=1S/C20H26N2O2S/c1-5-20(21-4)22-19-10-15(3)17(12-18(19)13-25(23)24)11-16-8-6-7-14(2)9-16/h6-10,12H,5,11,13H2,1-4H3,(H,21,22)(H,23,24)/p-1. The van der Waals surface area contributed by atoms with Crippen LogP contribution in [0.4, 0.5) is 5.69 Å². The highest BCUT2D eigenvalue weighted by Crippen LogP contribution is 2.25. The van der Waals surface area contributed by atoms with Crippen LogP contribution in [0.25, 0.3) is 0 Å². The summed E-state index contributed by atoms with van der Waals surface area (Å²) in [7, 11) is 1.73. The van der Waals surface area contributed by atoms with E-state index >= 15 is 0 Å². The maximum absolute atomic E-state index is 11.3. The molecule has 0 aliphatic carbocycles. The van der Waals surface area contributed by atoms with Gasteiger partial charge >= 0.3 is 0 Å². The number of nitrogens with zero attached hydrogens (tertiary/aromatic N) is 1. The van der Waals surface area contributed by atoms with Gasteiger partial charge < -0.3 is 9.87 Å². The smallest absolute Gasteiger partial charge is 0.100 e. The summed E-state index contributed by atoms with van der Waals surface area (Å²) in [6.45, 7) is 6.15. The molecule has 0 bridgehead atoms. The van der Waals surface area contributed by atoms with Crippen LogP contribution in [-0.2, 0) is 23.3 Å². The molecule has 1 atom stereocenters. The first-order valence-electron chi connectivity index (χ1n) is 8.39. The zero-order chi connectivity index (χ0) is 18.4. The fraction of sp³-hybridized carbons (Fsp3) is 0.350. The highest BCUT2D eigenvalue weighted by Gasteiger charge is 2.10. The number of rotatable bonds is 6. The average molecular weight is 357 g/mol. The number of amidine groups is 1. The molecule has 0 aliphatic rings. The molecule has 5 heteroatoms. The van der Waals surface area contributed by atoms with E-state index in [1.807, 2.05) is 19.1 Å². The van der Waals surface area contributed by atoms with Crippen LogP contribution in [-0.4, -0.2) is 21.6 Å². The number of anilines is 1. The van der Waals surface area contributed by atoms with Crippen LogP contribution in [0.3, 0.4) is 0 Å². The molecule has 0 saturated heterocycles. The first-order valence-corrected chi connectivity index (χ1v) is 9.63. The lowest BCUT2D eigenvalue weighted by Gasteiger charge is -2.18. The molecule has 4 nitrogen and oxygen atoms in total. The van der Waals surface area contributed by atoms with Crippen LogP contribution in [0.2, 0.25) is 0 Å². The first kappa shape index (κ1) is 19.3. The SMILES string of the molecule is CCC(=NC)Nc1cc(C)c(Cc2cccc(C)c2)cc1CS(=O)[O-]. The molecule has 1 unspecified atom stereocenters. The second kappa shape index (κ2) is 8.92. The summed E-state index contributed by atoms with van der Waals surface area (Å²) in [4.78, 5) is 4.20. The third-order valence-corrected chi connectivity index (χ3v) is 4.74. The van der Waals surface area contributed by atoms with E-state index in [1.54, 1.807) is 7.05 Å². The van der Waals surface area contributed by atoms with Gasteiger partial charge in [-0.1, -0.05) is 53.9 Å². The Labute approximate surface area is 152 Å².